The Balaban J connectivity index is 2.29. The molecule has 2 heterocycles. The zero-order valence-electron chi connectivity index (χ0n) is 10.4. The minimum absolute atomic E-state index is 0.0155. The Morgan fingerprint density at radius 1 is 1.53 bits per heavy atom. The average Bonchev–Trinajstić information content (AvgIpc) is 2.56. The number of carbonyl (C=O) groups is 1. The molecule has 1 atom stereocenters. The Morgan fingerprint density at radius 2 is 2.21 bits per heavy atom. The molecule has 1 saturated heterocycles. The Bertz CT molecular complexity index is 629. The van der Waals surface area contributed by atoms with Gasteiger partial charge in [0.05, 0.1) is 22.7 Å². The first-order valence-corrected chi connectivity index (χ1v) is 7.51. The highest BCUT2D eigenvalue weighted by Crippen LogP contribution is 2.29. The largest absolute Gasteiger partial charge is 0.477 e. The second-order valence-electron chi connectivity index (χ2n) is 4.97. The average molecular weight is 285 g/mol. The Morgan fingerprint density at radius 3 is 2.74 bits per heavy atom. The number of anilines is 2. The lowest BCUT2D eigenvalue weighted by atomic mass is 10.0. The number of nitrogens with two attached hydrogens (primary N) is 1. The third kappa shape index (κ3) is 2.95. The minimum Gasteiger partial charge on any atom is -0.477 e. The molecule has 1 aromatic rings. The number of hydrogen-bond acceptors (Lipinski definition) is 6. The summed E-state index contributed by atoms with van der Waals surface area (Å²) >= 11 is 0. The second-order valence-corrected chi connectivity index (χ2v) is 7.15. The molecule has 0 amide bonds. The molecular weight excluding hydrogens is 270 g/mol. The number of carboxylic acid groups (broad SMARTS) is 1. The lowest BCUT2D eigenvalue weighted by molar-refractivity contribution is 0.0690. The topological polar surface area (TPSA) is 122 Å². The van der Waals surface area contributed by atoms with Crippen LogP contribution in [-0.4, -0.2) is 41.5 Å². The predicted octanol–water partition coefficient (Wildman–Crippen LogP) is 0.351. The van der Waals surface area contributed by atoms with Crippen LogP contribution >= 0.6 is 0 Å². The van der Waals surface area contributed by atoms with Gasteiger partial charge in [0.15, 0.2) is 21.3 Å². The summed E-state index contributed by atoms with van der Waals surface area (Å²) in [5, 5.41) is 11.8. The molecule has 1 unspecified atom stereocenters. The summed E-state index contributed by atoms with van der Waals surface area (Å²) in [7, 11) is -3.06. The van der Waals surface area contributed by atoms with Gasteiger partial charge < -0.3 is 16.2 Å². The molecule has 7 nitrogen and oxygen atoms in total. The van der Waals surface area contributed by atoms with Crippen molar-refractivity contribution >= 4 is 27.3 Å². The number of nitrogens with one attached hydrogen (secondary N) is 1. The lowest BCUT2D eigenvalue weighted by Crippen LogP contribution is -2.36. The van der Waals surface area contributed by atoms with Gasteiger partial charge in [-0.25, -0.2) is 18.2 Å². The van der Waals surface area contributed by atoms with Crippen molar-refractivity contribution in [1.29, 1.82) is 0 Å². The number of hydrogen-bond donors (Lipinski definition) is 3. The summed E-state index contributed by atoms with van der Waals surface area (Å²) < 4.78 is 23.0. The zero-order chi connectivity index (χ0) is 14.3. The van der Waals surface area contributed by atoms with Crippen LogP contribution in [0.3, 0.4) is 0 Å². The molecule has 0 spiro atoms. The van der Waals surface area contributed by atoms with Crippen molar-refractivity contribution in [2.45, 2.75) is 18.9 Å². The second kappa shape index (κ2) is 4.37. The zero-order valence-corrected chi connectivity index (χ0v) is 11.2. The molecule has 104 valence electrons. The van der Waals surface area contributed by atoms with Crippen molar-refractivity contribution < 1.29 is 18.3 Å². The van der Waals surface area contributed by atoms with Crippen LogP contribution in [0.1, 0.15) is 23.8 Å². The molecule has 0 radical (unpaired) electrons. The number of nitrogens with zero attached hydrogens (tertiary/aromatic N) is 1. The summed E-state index contributed by atoms with van der Waals surface area (Å²) in [6.45, 7) is 1.76. The van der Waals surface area contributed by atoms with Crippen LogP contribution in [0.15, 0.2) is 12.1 Å². The first kappa shape index (κ1) is 13.6. The number of nitrogen functional groups attached to an aromatic ring is 1. The van der Waals surface area contributed by atoms with Crippen LogP contribution < -0.4 is 11.1 Å². The van der Waals surface area contributed by atoms with E-state index in [1.807, 2.05) is 0 Å². The fraction of sp³-hybridized carbons (Fsp3) is 0.455. The summed E-state index contributed by atoms with van der Waals surface area (Å²) in [6.07, 6.45) is 0.438. The SMILES string of the molecule is CC1(Nc2nc(C(=O)O)ccc2N)CCS(=O)(=O)C1. The van der Waals surface area contributed by atoms with Crippen LogP contribution in [0.2, 0.25) is 0 Å². The van der Waals surface area contributed by atoms with Crippen molar-refractivity contribution in [3.8, 4) is 0 Å². The van der Waals surface area contributed by atoms with E-state index in [9.17, 15) is 13.2 Å². The van der Waals surface area contributed by atoms with Gasteiger partial charge in [0.1, 0.15) is 0 Å². The van der Waals surface area contributed by atoms with Gasteiger partial charge in [0.2, 0.25) is 0 Å². The van der Waals surface area contributed by atoms with Crippen LogP contribution in [0.4, 0.5) is 11.5 Å². The number of rotatable bonds is 3. The van der Waals surface area contributed by atoms with Gasteiger partial charge >= 0.3 is 5.97 Å². The predicted molar refractivity (Wildman–Crippen MR) is 70.9 cm³/mol. The number of aromatic nitrogens is 1. The monoisotopic (exact) mass is 285 g/mol. The standard InChI is InChI=1S/C11H15N3O4S/c1-11(4-5-19(17,18)6-11)14-9-7(12)2-3-8(13-9)10(15)16/h2-3H,4-6,12H2,1H3,(H,13,14)(H,15,16). The van der Waals surface area contributed by atoms with E-state index < -0.39 is 21.3 Å². The molecule has 1 fully saturated rings. The highest BCUT2D eigenvalue weighted by molar-refractivity contribution is 7.91. The van der Waals surface area contributed by atoms with Crippen molar-refractivity contribution in [1.82, 2.24) is 4.98 Å². The molecule has 1 aromatic heterocycles. The number of sulfone groups is 1. The first-order valence-electron chi connectivity index (χ1n) is 5.69. The highest BCUT2D eigenvalue weighted by Gasteiger charge is 2.38. The summed E-state index contributed by atoms with van der Waals surface area (Å²) in [6, 6.07) is 2.74. The Kier molecular flexibility index (Phi) is 3.13. The molecule has 19 heavy (non-hydrogen) atoms. The Hall–Kier alpha value is -1.83. The summed E-state index contributed by atoms with van der Waals surface area (Å²) in [5.74, 6) is -0.861. The maximum Gasteiger partial charge on any atom is 0.354 e. The van der Waals surface area contributed by atoms with E-state index in [4.69, 9.17) is 10.8 Å². The molecule has 2 rings (SSSR count). The van der Waals surface area contributed by atoms with Crippen LogP contribution in [0, 0.1) is 0 Å². The van der Waals surface area contributed by atoms with E-state index in [0.29, 0.717) is 6.42 Å². The minimum atomic E-state index is -3.06. The van der Waals surface area contributed by atoms with Gasteiger partial charge in [-0.05, 0) is 25.5 Å². The maximum absolute atomic E-state index is 11.5. The third-order valence-corrected chi connectivity index (χ3v) is 4.97. The molecule has 1 aliphatic rings. The van der Waals surface area contributed by atoms with E-state index in [2.05, 4.69) is 10.3 Å². The molecule has 0 aromatic carbocycles. The smallest absolute Gasteiger partial charge is 0.354 e. The normalized spacial score (nSPS) is 25.1. The van der Waals surface area contributed by atoms with Gasteiger partial charge in [-0.1, -0.05) is 0 Å². The van der Waals surface area contributed by atoms with E-state index in [1.165, 1.54) is 12.1 Å². The lowest BCUT2D eigenvalue weighted by Gasteiger charge is -2.25. The van der Waals surface area contributed by atoms with Crippen LogP contribution in [0.5, 0.6) is 0 Å². The quantitative estimate of drug-likeness (QED) is 0.732. The summed E-state index contributed by atoms with van der Waals surface area (Å²) in [5.41, 5.74) is 5.21. The van der Waals surface area contributed by atoms with Crippen LogP contribution in [0.25, 0.3) is 0 Å². The van der Waals surface area contributed by atoms with Crippen molar-refractivity contribution in [2.24, 2.45) is 0 Å². The van der Waals surface area contributed by atoms with Crippen LogP contribution in [-0.2, 0) is 9.84 Å². The molecule has 0 aliphatic carbocycles. The first-order chi connectivity index (χ1) is 8.71. The molecule has 4 N–H and O–H groups in total. The van der Waals surface area contributed by atoms with Gasteiger partial charge in [-0.2, -0.15) is 0 Å². The van der Waals surface area contributed by atoms with Gasteiger partial charge in [-0.15, -0.1) is 0 Å². The van der Waals surface area contributed by atoms with E-state index >= 15 is 0 Å². The number of aromatic carboxylic acids is 1. The number of pyridine rings is 1. The fourth-order valence-corrected chi connectivity index (χ4v) is 4.18. The molecular formula is C11H15N3O4S. The third-order valence-electron chi connectivity index (χ3n) is 3.07. The molecule has 0 bridgehead atoms. The van der Waals surface area contributed by atoms with Crippen molar-refractivity contribution in [3.05, 3.63) is 17.8 Å². The maximum atomic E-state index is 11.5. The molecule has 8 heteroatoms. The van der Waals surface area contributed by atoms with Gasteiger partial charge in [0, 0.05) is 0 Å². The molecule has 0 saturated carbocycles. The van der Waals surface area contributed by atoms with E-state index in [-0.39, 0.29) is 28.7 Å². The van der Waals surface area contributed by atoms with Gasteiger partial charge in [0.25, 0.3) is 0 Å². The van der Waals surface area contributed by atoms with Gasteiger partial charge in [-0.3, -0.25) is 0 Å². The highest BCUT2D eigenvalue weighted by atomic mass is 32.2. The Labute approximate surface area is 110 Å². The number of carboxylic acids is 1. The summed E-state index contributed by atoms with van der Waals surface area (Å²) in [4.78, 5) is 14.8. The molecule has 1 aliphatic heterocycles. The van der Waals surface area contributed by atoms with E-state index in [0.717, 1.165) is 0 Å². The fourth-order valence-electron chi connectivity index (χ4n) is 2.08. The van der Waals surface area contributed by atoms with Crippen molar-refractivity contribution in [2.75, 3.05) is 22.6 Å². The van der Waals surface area contributed by atoms with Crippen molar-refractivity contribution in [3.63, 3.8) is 0 Å². The van der Waals surface area contributed by atoms with E-state index in [1.54, 1.807) is 6.92 Å².